The van der Waals surface area contributed by atoms with Gasteiger partial charge in [-0.2, -0.15) is 0 Å². The molecule has 1 aromatic carbocycles. The van der Waals surface area contributed by atoms with Gasteiger partial charge in [0.15, 0.2) is 0 Å². The van der Waals surface area contributed by atoms with Crippen molar-refractivity contribution in [2.45, 2.75) is 33.2 Å². The molecule has 0 fully saturated rings. The van der Waals surface area contributed by atoms with Crippen LogP contribution in [0.25, 0.3) is 0 Å². The molecule has 0 aliphatic heterocycles. The quantitative estimate of drug-likeness (QED) is 0.897. The monoisotopic (exact) mass is 357 g/mol. The van der Waals surface area contributed by atoms with Crippen molar-refractivity contribution in [2.75, 3.05) is 19.4 Å². The number of carbonyl (C=O) groups is 1. The van der Waals surface area contributed by atoms with Gasteiger partial charge in [0, 0.05) is 43.4 Å². The van der Waals surface area contributed by atoms with Crippen molar-refractivity contribution >= 4 is 23.2 Å². The second-order valence-corrected chi connectivity index (χ2v) is 5.23. The van der Waals surface area contributed by atoms with Crippen LogP contribution in [0.5, 0.6) is 0 Å². The summed E-state index contributed by atoms with van der Waals surface area (Å²) in [6.07, 6.45) is 0.782. The van der Waals surface area contributed by atoms with Gasteiger partial charge in [-0.15, -0.1) is 0 Å². The number of nitrogens with zero attached hydrogens (tertiary/aromatic N) is 1. The van der Waals surface area contributed by atoms with E-state index >= 15 is 0 Å². The van der Waals surface area contributed by atoms with Gasteiger partial charge in [-0.25, -0.2) is 0 Å². The molecule has 0 aliphatic rings. The van der Waals surface area contributed by atoms with Gasteiger partial charge in [0.25, 0.3) is 0 Å². The molecule has 1 aromatic rings. The number of likely N-dealkylation sites (N-methyl/N-ethyl adjacent to an activating group) is 1. The standard InChI is InChI=1S/C14H21ClN2O.Y/c1-6-12(17(4)5)14(18)16-13-9(2)7-11(15)8-10(13)3;/h7-8,12H,6H2,1-5H3,(H,16,18);. The third-order valence-electron chi connectivity index (χ3n) is 3.06. The van der Waals surface area contributed by atoms with E-state index < -0.39 is 0 Å². The third-order valence-corrected chi connectivity index (χ3v) is 3.28. The predicted molar refractivity (Wildman–Crippen MR) is 77.3 cm³/mol. The molecule has 0 heterocycles. The van der Waals surface area contributed by atoms with Crippen LogP contribution in [0.15, 0.2) is 12.1 Å². The summed E-state index contributed by atoms with van der Waals surface area (Å²) in [4.78, 5) is 14.1. The smallest absolute Gasteiger partial charge is 0.241 e. The Bertz CT molecular complexity index is 426. The van der Waals surface area contributed by atoms with Gasteiger partial charge < -0.3 is 5.32 Å². The Morgan fingerprint density at radius 3 is 2.16 bits per heavy atom. The number of amides is 1. The van der Waals surface area contributed by atoms with Crippen LogP contribution in [0.3, 0.4) is 0 Å². The Balaban J connectivity index is 0.00000324. The molecule has 0 spiro atoms. The number of benzene rings is 1. The van der Waals surface area contributed by atoms with E-state index in [0.717, 1.165) is 23.2 Å². The first-order valence-electron chi connectivity index (χ1n) is 6.10. The zero-order valence-electron chi connectivity index (χ0n) is 12.2. The minimum atomic E-state index is -0.112. The Hall–Kier alpha value is 0.0439. The maximum absolute atomic E-state index is 12.2. The normalized spacial score (nSPS) is 11.9. The zero-order chi connectivity index (χ0) is 13.9. The Morgan fingerprint density at radius 2 is 1.79 bits per heavy atom. The largest absolute Gasteiger partial charge is 0.324 e. The second kappa shape index (κ2) is 8.36. The summed E-state index contributed by atoms with van der Waals surface area (Å²) in [6, 6.07) is 3.61. The maximum Gasteiger partial charge on any atom is 0.241 e. The molecule has 1 N–H and O–H groups in total. The van der Waals surface area contributed by atoms with E-state index in [9.17, 15) is 4.79 Å². The van der Waals surface area contributed by atoms with Crippen molar-refractivity contribution < 1.29 is 37.5 Å². The van der Waals surface area contributed by atoms with Crippen molar-refractivity contribution in [3.63, 3.8) is 0 Å². The first-order valence-corrected chi connectivity index (χ1v) is 6.48. The van der Waals surface area contributed by atoms with Crippen molar-refractivity contribution in [3.05, 3.63) is 28.3 Å². The summed E-state index contributed by atoms with van der Waals surface area (Å²) < 4.78 is 0. The molecule has 0 bridgehead atoms. The topological polar surface area (TPSA) is 32.3 Å². The van der Waals surface area contributed by atoms with Crippen LogP contribution < -0.4 is 5.32 Å². The Morgan fingerprint density at radius 1 is 1.32 bits per heavy atom. The molecular weight excluding hydrogens is 337 g/mol. The Kier molecular flexibility index (Phi) is 8.38. The van der Waals surface area contributed by atoms with E-state index in [1.165, 1.54) is 0 Å². The summed E-state index contributed by atoms with van der Waals surface area (Å²) in [5.74, 6) is 0.0241. The number of nitrogens with one attached hydrogen (secondary N) is 1. The fourth-order valence-electron chi connectivity index (χ4n) is 2.10. The van der Waals surface area contributed by atoms with Crippen molar-refractivity contribution in [1.29, 1.82) is 0 Å². The van der Waals surface area contributed by atoms with Crippen LogP contribution >= 0.6 is 11.6 Å². The average Bonchev–Trinajstić information content (AvgIpc) is 2.23. The first-order chi connectivity index (χ1) is 8.36. The van der Waals surface area contributed by atoms with E-state index in [4.69, 9.17) is 11.6 Å². The summed E-state index contributed by atoms with van der Waals surface area (Å²) in [7, 11) is 3.82. The van der Waals surface area contributed by atoms with Gasteiger partial charge in [0.05, 0.1) is 6.04 Å². The number of anilines is 1. The molecule has 1 unspecified atom stereocenters. The van der Waals surface area contributed by atoms with Crippen LogP contribution in [0.4, 0.5) is 5.69 Å². The minimum Gasteiger partial charge on any atom is -0.324 e. The number of hydrogen-bond acceptors (Lipinski definition) is 2. The molecule has 5 heteroatoms. The van der Waals surface area contributed by atoms with E-state index in [1.807, 2.05) is 51.9 Å². The molecule has 0 aliphatic carbocycles. The van der Waals surface area contributed by atoms with Crippen LogP contribution in [0, 0.1) is 13.8 Å². The molecule has 1 radical (unpaired) electrons. The van der Waals surface area contributed by atoms with Gasteiger partial charge >= 0.3 is 0 Å². The minimum absolute atomic E-state index is 0. The third kappa shape index (κ3) is 5.15. The summed E-state index contributed by atoms with van der Waals surface area (Å²) >= 11 is 5.98. The summed E-state index contributed by atoms with van der Waals surface area (Å²) in [5, 5.41) is 3.70. The van der Waals surface area contributed by atoms with Crippen molar-refractivity contribution in [1.82, 2.24) is 4.90 Å². The van der Waals surface area contributed by atoms with Crippen LogP contribution in [-0.4, -0.2) is 30.9 Å². The van der Waals surface area contributed by atoms with Crippen LogP contribution in [0.1, 0.15) is 24.5 Å². The van der Waals surface area contributed by atoms with E-state index in [-0.39, 0.29) is 44.7 Å². The molecule has 0 aromatic heterocycles. The Labute approximate surface area is 146 Å². The molecule has 19 heavy (non-hydrogen) atoms. The van der Waals surface area contributed by atoms with Gasteiger partial charge in [-0.05, 0) is 57.6 Å². The molecular formula is C14H21ClN2OY. The number of hydrogen-bond donors (Lipinski definition) is 1. The molecule has 0 saturated heterocycles. The fourth-order valence-corrected chi connectivity index (χ4v) is 2.43. The van der Waals surface area contributed by atoms with Crippen LogP contribution in [-0.2, 0) is 37.5 Å². The van der Waals surface area contributed by atoms with E-state index in [1.54, 1.807) is 0 Å². The van der Waals surface area contributed by atoms with E-state index in [2.05, 4.69) is 5.32 Å². The zero-order valence-corrected chi connectivity index (χ0v) is 15.8. The number of carbonyl (C=O) groups excluding carboxylic acids is 1. The molecule has 1 atom stereocenters. The summed E-state index contributed by atoms with van der Waals surface area (Å²) in [6.45, 7) is 5.90. The van der Waals surface area contributed by atoms with Gasteiger partial charge in [-0.3, -0.25) is 9.69 Å². The van der Waals surface area contributed by atoms with Crippen molar-refractivity contribution in [3.8, 4) is 0 Å². The van der Waals surface area contributed by atoms with Gasteiger partial charge in [0.1, 0.15) is 0 Å². The fraction of sp³-hybridized carbons (Fsp3) is 0.500. The first kappa shape index (κ1) is 19.0. The number of rotatable bonds is 4. The van der Waals surface area contributed by atoms with Gasteiger partial charge in [0.2, 0.25) is 5.91 Å². The van der Waals surface area contributed by atoms with E-state index in [0.29, 0.717) is 5.02 Å². The van der Waals surface area contributed by atoms with Gasteiger partial charge in [-0.1, -0.05) is 18.5 Å². The number of halogens is 1. The summed E-state index contributed by atoms with van der Waals surface area (Å²) in [5.41, 5.74) is 2.84. The van der Waals surface area contributed by atoms with Crippen LogP contribution in [0.2, 0.25) is 5.02 Å². The number of aryl methyl sites for hydroxylation is 2. The molecule has 1 amide bonds. The van der Waals surface area contributed by atoms with Crippen molar-refractivity contribution in [2.24, 2.45) is 0 Å². The second-order valence-electron chi connectivity index (χ2n) is 4.79. The molecule has 103 valence electrons. The SMILES string of the molecule is CCC(C(=O)Nc1c(C)cc(Cl)cc1C)N(C)C.[Y]. The molecule has 3 nitrogen and oxygen atoms in total. The maximum atomic E-state index is 12.2. The molecule has 0 saturated carbocycles. The average molecular weight is 358 g/mol. The predicted octanol–water partition coefficient (Wildman–Crippen LogP) is 3.23. The molecule has 1 rings (SSSR count).